The number of amides is 4. The number of rotatable bonds is 4. The van der Waals surface area contributed by atoms with Crippen LogP contribution >= 0.6 is 0 Å². The SMILES string of the molecule is Cc1cc(C[C@@H]2CN(C(=O)CN3C(=O)NC(C)(C)C3=O)C[C@H]2O)n[nH]1. The highest BCUT2D eigenvalue weighted by atomic mass is 16.3. The van der Waals surface area contributed by atoms with Crippen LogP contribution in [0.15, 0.2) is 6.07 Å². The van der Waals surface area contributed by atoms with Crippen LogP contribution in [0, 0.1) is 12.8 Å². The zero-order valence-electron chi connectivity index (χ0n) is 14.6. The van der Waals surface area contributed by atoms with Gasteiger partial charge in [0.1, 0.15) is 12.1 Å². The van der Waals surface area contributed by atoms with Crippen molar-refractivity contribution < 1.29 is 19.5 Å². The fourth-order valence-electron chi connectivity index (χ4n) is 3.30. The number of aromatic nitrogens is 2. The number of H-pyrrole nitrogens is 1. The molecule has 9 nitrogen and oxygen atoms in total. The molecule has 1 aromatic heterocycles. The summed E-state index contributed by atoms with van der Waals surface area (Å²) >= 11 is 0. The average Bonchev–Trinajstić information content (AvgIpc) is 3.14. The van der Waals surface area contributed by atoms with E-state index in [1.807, 2.05) is 13.0 Å². The van der Waals surface area contributed by atoms with Crippen LogP contribution in [-0.2, 0) is 16.0 Å². The second kappa shape index (κ2) is 6.14. The maximum Gasteiger partial charge on any atom is 0.325 e. The van der Waals surface area contributed by atoms with E-state index in [4.69, 9.17) is 0 Å². The van der Waals surface area contributed by atoms with Gasteiger partial charge in [-0.3, -0.25) is 19.6 Å². The van der Waals surface area contributed by atoms with Crippen LogP contribution < -0.4 is 5.32 Å². The number of urea groups is 1. The summed E-state index contributed by atoms with van der Waals surface area (Å²) in [6.07, 6.45) is -0.0914. The number of hydrogen-bond donors (Lipinski definition) is 3. The van der Waals surface area contributed by atoms with Crippen molar-refractivity contribution in [2.75, 3.05) is 19.6 Å². The minimum absolute atomic E-state index is 0.119. The van der Waals surface area contributed by atoms with Gasteiger partial charge in [-0.1, -0.05) is 0 Å². The number of imide groups is 1. The predicted molar refractivity (Wildman–Crippen MR) is 87.4 cm³/mol. The topological polar surface area (TPSA) is 119 Å². The van der Waals surface area contributed by atoms with E-state index in [0.29, 0.717) is 13.0 Å². The molecule has 0 aromatic carbocycles. The van der Waals surface area contributed by atoms with E-state index in [1.54, 1.807) is 13.8 Å². The maximum absolute atomic E-state index is 12.5. The van der Waals surface area contributed by atoms with Crippen LogP contribution in [0.1, 0.15) is 25.2 Å². The molecule has 2 saturated heterocycles. The van der Waals surface area contributed by atoms with Crippen molar-refractivity contribution >= 4 is 17.8 Å². The maximum atomic E-state index is 12.5. The number of aromatic amines is 1. The Balaban J connectivity index is 1.60. The number of nitrogens with one attached hydrogen (secondary N) is 2. The van der Waals surface area contributed by atoms with Crippen molar-refractivity contribution in [2.45, 2.75) is 38.8 Å². The number of likely N-dealkylation sites (tertiary alicyclic amines) is 1. The molecule has 0 bridgehead atoms. The number of aliphatic hydroxyl groups is 1. The molecule has 4 amide bonds. The number of carbonyl (C=O) groups excluding carboxylic acids is 3. The van der Waals surface area contributed by atoms with E-state index in [2.05, 4.69) is 15.5 Å². The first-order valence-corrected chi connectivity index (χ1v) is 8.28. The first kappa shape index (κ1) is 17.4. The lowest BCUT2D eigenvalue weighted by Crippen LogP contribution is -2.44. The summed E-state index contributed by atoms with van der Waals surface area (Å²) in [6, 6.07) is 1.35. The molecule has 9 heteroatoms. The zero-order valence-corrected chi connectivity index (χ0v) is 14.6. The first-order chi connectivity index (χ1) is 11.7. The molecule has 0 unspecified atom stereocenters. The molecule has 3 rings (SSSR count). The molecule has 2 aliphatic heterocycles. The summed E-state index contributed by atoms with van der Waals surface area (Å²) in [4.78, 5) is 39.0. The van der Waals surface area contributed by atoms with Crippen LogP contribution in [0.3, 0.4) is 0 Å². The standard InChI is InChI=1S/C16H23N5O4/c1-9-4-11(19-18-9)5-10-6-20(7-12(10)22)13(23)8-21-14(24)16(2,3)17-15(21)25/h4,10,12,22H,5-8H2,1-3H3,(H,17,25)(H,18,19)/t10-,12-/m1/s1. The lowest BCUT2D eigenvalue weighted by Gasteiger charge is -2.20. The van der Waals surface area contributed by atoms with Crippen molar-refractivity contribution in [3.05, 3.63) is 17.5 Å². The predicted octanol–water partition coefficient (Wildman–Crippen LogP) is -0.590. The number of β-amino-alcohol motifs (C(OH)–C–C–N with tert-alkyl or cyclic N) is 1. The summed E-state index contributed by atoms with van der Waals surface area (Å²) in [7, 11) is 0. The Morgan fingerprint density at radius 2 is 2.12 bits per heavy atom. The zero-order chi connectivity index (χ0) is 18.4. The molecular weight excluding hydrogens is 326 g/mol. The molecule has 25 heavy (non-hydrogen) atoms. The Bertz CT molecular complexity index is 713. The molecular formula is C16H23N5O4. The third-order valence-corrected chi connectivity index (χ3v) is 4.73. The highest BCUT2D eigenvalue weighted by Crippen LogP contribution is 2.22. The molecule has 3 heterocycles. The van der Waals surface area contributed by atoms with Crippen LogP contribution in [-0.4, -0.2) is 74.2 Å². The second-order valence-electron chi connectivity index (χ2n) is 7.32. The molecule has 0 radical (unpaired) electrons. The van der Waals surface area contributed by atoms with E-state index < -0.39 is 23.6 Å². The van der Waals surface area contributed by atoms with Crippen molar-refractivity contribution in [1.82, 2.24) is 25.3 Å². The van der Waals surface area contributed by atoms with E-state index >= 15 is 0 Å². The summed E-state index contributed by atoms with van der Waals surface area (Å²) in [5.74, 6) is -0.888. The van der Waals surface area contributed by atoms with Crippen molar-refractivity contribution in [1.29, 1.82) is 0 Å². The van der Waals surface area contributed by atoms with Gasteiger partial charge in [0.15, 0.2) is 0 Å². The molecule has 0 spiro atoms. The van der Waals surface area contributed by atoms with E-state index in [1.165, 1.54) is 4.90 Å². The van der Waals surface area contributed by atoms with Crippen molar-refractivity contribution in [2.24, 2.45) is 5.92 Å². The van der Waals surface area contributed by atoms with Gasteiger partial charge in [-0.2, -0.15) is 5.10 Å². The highest BCUT2D eigenvalue weighted by Gasteiger charge is 2.46. The molecule has 3 N–H and O–H groups in total. The molecule has 2 atom stereocenters. The monoisotopic (exact) mass is 349 g/mol. The fourth-order valence-corrected chi connectivity index (χ4v) is 3.30. The third-order valence-electron chi connectivity index (χ3n) is 4.73. The average molecular weight is 349 g/mol. The normalized spacial score (nSPS) is 25.6. The number of hydrogen-bond acceptors (Lipinski definition) is 5. The molecule has 136 valence electrons. The lowest BCUT2D eigenvalue weighted by atomic mass is 10.0. The van der Waals surface area contributed by atoms with E-state index in [-0.39, 0.29) is 24.9 Å². The van der Waals surface area contributed by atoms with Gasteiger partial charge in [0, 0.05) is 24.7 Å². The van der Waals surface area contributed by atoms with Crippen molar-refractivity contribution in [3.63, 3.8) is 0 Å². The molecule has 0 saturated carbocycles. The molecule has 0 aliphatic carbocycles. The van der Waals surface area contributed by atoms with Gasteiger partial charge in [0.2, 0.25) is 5.91 Å². The van der Waals surface area contributed by atoms with Gasteiger partial charge in [-0.05, 0) is 33.3 Å². The summed E-state index contributed by atoms with van der Waals surface area (Å²) in [5.41, 5.74) is 0.783. The summed E-state index contributed by atoms with van der Waals surface area (Å²) < 4.78 is 0. The van der Waals surface area contributed by atoms with E-state index in [9.17, 15) is 19.5 Å². The van der Waals surface area contributed by atoms with Crippen LogP contribution in [0.25, 0.3) is 0 Å². The molecule has 2 aliphatic rings. The minimum Gasteiger partial charge on any atom is -0.391 e. The Kier molecular flexibility index (Phi) is 4.28. The van der Waals surface area contributed by atoms with Gasteiger partial charge >= 0.3 is 6.03 Å². The second-order valence-corrected chi connectivity index (χ2v) is 7.32. The first-order valence-electron chi connectivity index (χ1n) is 8.28. The Hall–Kier alpha value is -2.42. The van der Waals surface area contributed by atoms with Crippen LogP contribution in [0.4, 0.5) is 4.79 Å². The van der Waals surface area contributed by atoms with Gasteiger partial charge in [-0.25, -0.2) is 4.79 Å². The summed E-state index contributed by atoms with van der Waals surface area (Å²) in [6.45, 7) is 5.35. The summed E-state index contributed by atoms with van der Waals surface area (Å²) in [5, 5.41) is 19.8. The van der Waals surface area contributed by atoms with E-state index in [0.717, 1.165) is 16.3 Å². The Labute approximate surface area is 145 Å². The minimum atomic E-state index is -0.998. The van der Waals surface area contributed by atoms with Crippen LogP contribution in [0.2, 0.25) is 0 Å². The number of carbonyl (C=O) groups is 3. The fraction of sp³-hybridized carbons (Fsp3) is 0.625. The Morgan fingerprint density at radius 1 is 1.40 bits per heavy atom. The Morgan fingerprint density at radius 3 is 2.68 bits per heavy atom. The largest absolute Gasteiger partial charge is 0.391 e. The van der Waals surface area contributed by atoms with Crippen molar-refractivity contribution in [3.8, 4) is 0 Å². The molecule has 2 fully saturated rings. The van der Waals surface area contributed by atoms with Gasteiger partial charge in [0.05, 0.1) is 11.8 Å². The third kappa shape index (κ3) is 3.37. The smallest absolute Gasteiger partial charge is 0.325 e. The van der Waals surface area contributed by atoms with Gasteiger partial charge < -0.3 is 15.3 Å². The highest BCUT2D eigenvalue weighted by molar-refractivity contribution is 6.08. The quantitative estimate of drug-likeness (QED) is 0.628. The van der Waals surface area contributed by atoms with Crippen LogP contribution in [0.5, 0.6) is 0 Å². The van der Waals surface area contributed by atoms with Gasteiger partial charge in [-0.15, -0.1) is 0 Å². The lowest BCUT2D eigenvalue weighted by molar-refractivity contribution is -0.138. The number of nitrogens with zero attached hydrogens (tertiary/aromatic N) is 3. The van der Waals surface area contributed by atoms with Gasteiger partial charge in [0.25, 0.3) is 5.91 Å². The number of aryl methyl sites for hydroxylation is 1. The molecule has 1 aromatic rings. The number of aliphatic hydroxyl groups excluding tert-OH is 1.